The summed E-state index contributed by atoms with van der Waals surface area (Å²) < 4.78 is 43.7. The average molecular weight is 512 g/mol. The number of imidazole rings is 1. The number of nitrogens with zero attached hydrogens (tertiary/aromatic N) is 3. The first-order chi connectivity index (χ1) is 17.7. The minimum atomic E-state index is -4.28. The molecule has 2 N–H and O–H groups in total. The van der Waals surface area contributed by atoms with Gasteiger partial charge in [0, 0.05) is 29.6 Å². The molecule has 2 aliphatic carbocycles. The molecule has 2 fully saturated rings. The van der Waals surface area contributed by atoms with E-state index in [1.54, 1.807) is 10.6 Å². The Morgan fingerprint density at radius 2 is 1.92 bits per heavy atom. The van der Waals surface area contributed by atoms with Crippen LogP contribution in [0.1, 0.15) is 54.2 Å². The van der Waals surface area contributed by atoms with E-state index in [4.69, 9.17) is 4.74 Å². The number of benzene rings is 1. The zero-order valence-corrected chi connectivity index (χ0v) is 19.7. The Balaban J connectivity index is 1.05. The third kappa shape index (κ3) is 4.42. The van der Waals surface area contributed by atoms with Gasteiger partial charge in [-0.3, -0.25) is 14.0 Å². The SMILES string of the molecule is O=C(NC1CC2(C1)CC(c1n[nH]c(=O)c3ccccc13)C2)c1cnc2cc(OCCC(F)(F)F)ccn12. The summed E-state index contributed by atoms with van der Waals surface area (Å²) in [6, 6.07) is 10.6. The van der Waals surface area contributed by atoms with Crippen molar-refractivity contribution < 1.29 is 22.7 Å². The van der Waals surface area contributed by atoms with E-state index in [9.17, 15) is 22.8 Å². The van der Waals surface area contributed by atoms with Gasteiger partial charge in [0.1, 0.15) is 17.1 Å². The normalized spacial score (nSPS) is 23.1. The Labute approximate surface area is 208 Å². The standard InChI is InChI=1S/C26H24F3N5O3/c27-26(28,29)6-8-37-17-5-7-34-20(14-30-21(34)9-17)24(36)31-16-12-25(13-16)10-15(11-25)22-18-3-1-2-4-19(18)23(35)33-32-22/h1-5,7,9,14-16H,6,8,10-13H2,(H,31,36)(H,33,35). The van der Waals surface area contributed by atoms with E-state index in [0.717, 1.165) is 36.8 Å². The first-order valence-corrected chi connectivity index (χ1v) is 12.1. The van der Waals surface area contributed by atoms with Gasteiger partial charge in [-0.2, -0.15) is 18.3 Å². The Bertz CT molecular complexity index is 1550. The number of pyridine rings is 1. The first-order valence-electron chi connectivity index (χ1n) is 12.1. The number of aromatic amines is 1. The molecule has 6 rings (SSSR count). The van der Waals surface area contributed by atoms with Gasteiger partial charge in [-0.05, 0) is 43.2 Å². The molecule has 3 aromatic heterocycles. The van der Waals surface area contributed by atoms with E-state index in [-0.39, 0.29) is 34.6 Å². The lowest BCUT2D eigenvalue weighted by molar-refractivity contribution is -0.139. The van der Waals surface area contributed by atoms with E-state index in [0.29, 0.717) is 16.7 Å². The van der Waals surface area contributed by atoms with Crippen molar-refractivity contribution >= 4 is 22.3 Å². The molecule has 8 nitrogen and oxygen atoms in total. The fourth-order valence-corrected chi connectivity index (χ4v) is 5.81. The number of hydrogen-bond donors (Lipinski definition) is 2. The highest BCUT2D eigenvalue weighted by atomic mass is 19.4. The van der Waals surface area contributed by atoms with Gasteiger partial charge in [-0.25, -0.2) is 10.1 Å². The predicted octanol–water partition coefficient (Wildman–Crippen LogP) is 4.36. The summed E-state index contributed by atoms with van der Waals surface area (Å²) in [7, 11) is 0. The third-order valence-corrected chi connectivity index (χ3v) is 7.54. The van der Waals surface area contributed by atoms with Crippen molar-refractivity contribution in [2.45, 2.75) is 50.2 Å². The highest BCUT2D eigenvalue weighted by Crippen LogP contribution is 2.62. The Morgan fingerprint density at radius 3 is 2.68 bits per heavy atom. The summed E-state index contributed by atoms with van der Waals surface area (Å²) in [6.07, 6.45) is 1.39. The second kappa shape index (κ2) is 8.60. The summed E-state index contributed by atoms with van der Waals surface area (Å²) in [5.74, 6) is 0.298. The summed E-state index contributed by atoms with van der Waals surface area (Å²) in [5.41, 5.74) is 1.71. The van der Waals surface area contributed by atoms with E-state index in [1.165, 1.54) is 18.3 Å². The molecule has 11 heteroatoms. The van der Waals surface area contributed by atoms with Crippen LogP contribution in [0.2, 0.25) is 0 Å². The molecule has 3 heterocycles. The number of rotatable bonds is 6. The quantitative estimate of drug-likeness (QED) is 0.401. The van der Waals surface area contributed by atoms with E-state index < -0.39 is 19.2 Å². The van der Waals surface area contributed by atoms with E-state index in [1.807, 2.05) is 24.3 Å². The van der Waals surface area contributed by atoms with Crippen LogP contribution in [0.15, 0.2) is 53.6 Å². The maximum Gasteiger partial charge on any atom is 0.392 e. The average Bonchev–Trinajstić information content (AvgIpc) is 3.23. The van der Waals surface area contributed by atoms with Gasteiger partial charge < -0.3 is 10.1 Å². The van der Waals surface area contributed by atoms with Crippen LogP contribution in [-0.2, 0) is 0 Å². The minimum absolute atomic E-state index is 0.0595. The zero-order chi connectivity index (χ0) is 25.8. The summed E-state index contributed by atoms with van der Waals surface area (Å²) in [5, 5.41) is 11.6. The van der Waals surface area contributed by atoms with Crippen molar-refractivity contribution in [2.75, 3.05) is 6.61 Å². The molecule has 1 spiro atoms. The summed E-state index contributed by atoms with van der Waals surface area (Å²) in [4.78, 5) is 29.2. The first kappa shape index (κ1) is 23.5. The molecule has 2 saturated carbocycles. The molecular formula is C26H24F3N5O3. The molecule has 2 aliphatic rings. The number of hydrogen-bond acceptors (Lipinski definition) is 5. The van der Waals surface area contributed by atoms with Gasteiger partial charge in [-0.1, -0.05) is 18.2 Å². The number of carbonyl (C=O) groups excluding carboxylic acids is 1. The smallest absolute Gasteiger partial charge is 0.392 e. The number of carbonyl (C=O) groups is 1. The lowest BCUT2D eigenvalue weighted by atomic mass is 9.49. The molecule has 0 radical (unpaired) electrons. The molecule has 0 unspecified atom stereocenters. The number of fused-ring (bicyclic) bond motifs is 2. The second-order valence-corrected chi connectivity index (χ2v) is 10.1. The van der Waals surface area contributed by atoms with Gasteiger partial charge in [0.2, 0.25) is 0 Å². The van der Waals surface area contributed by atoms with Crippen molar-refractivity contribution in [2.24, 2.45) is 5.41 Å². The van der Waals surface area contributed by atoms with E-state index >= 15 is 0 Å². The van der Waals surface area contributed by atoms with Gasteiger partial charge in [0.05, 0.1) is 30.3 Å². The van der Waals surface area contributed by atoms with Crippen molar-refractivity contribution in [3.8, 4) is 5.75 Å². The van der Waals surface area contributed by atoms with Gasteiger partial charge in [0.15, 0.2) is 0 Å². The second-order valence-electron chi connectivity index (χ2n) is 10.1. The van der Waals surface area contributed by atoms with Gasteiger partial charge in [-0.15, -0.1) is 0 Å². The molecule has 1 aromatic carbocycles. The summed E-state index contributed by atoms with van der Waals surface area (Å²) in [6.45, 7) is -0.480. The van der Waals surface area contributed by atoms with Crippen molar-refractivity contribution in [1.82, 2.24) is 24.9 Å². The Kier molecular flexibility index (Phi) is 5.46. The third-order valence-electron chi connectivity index (χ3n) is 7.54. The Morgan fingerprint density at radius 1 is 1.16 bits per heavy atom. The van der Waals surface area contributed by atoms with E-state index in [2.05, 4.69) is 20.5 Å². The molecule has 192 valence electrons. The maximum absolute atomic E-state index is 12.9. The monoisotopic (exact) mass is 511 g/mol. The fraction of sp³-hybridized carbons (Fsp3) is 0.385. The van der Waals surface area contributed by atoms with Crippen LogP contribution in [0.25, 0.3) is 16.4 Å². The van der Waals surface area contributed by atoms with Crippen molar-refractivity contribution in [1.29, 1.82) is 0 Å². The molecular weight excluding hydrogens is 487 g/mol. The predicted molar refractivity (Wildman–Crippen MR) is 129 cm³/mol. The molecule has 37 heavy (non-hydrogen) atoms. The van der Waals surface area contributed by atoms with Crippen molar-refractivity contribution in [3.63, 3.8) is 0 Å². The Hall–Kier alpha value is -3.89. The van der Waals surface area contributed by atoms with Crippen LogP contribution in [0.5, 0.6) is 5.75 Å². The fourth-order valence-electron chi connectivity index (χ4n) is 5.81. The van der Waals surface area contributed by atoms with Gasteiger partial charge in [0.25, 0.3) is 11.5 Å². The molecule has 0 bridgehead atoms. The highest BCUT2D eigenvalue weighted by molar-refractivity contribution is 5.93. The van der Waals surface area contributed by atoms with Gasteiger partial charge >= 0.3 is 6.18 Å². The number of H-pyrrole nitrogens is 1. The largest absolute Gasteiger partial charge is 0.493 e. The van der Waals surface area contributed by atoms with Crippen LogP contribution in [0.3, 0.4) is 0 Å². The molecule has 0 atom stereocenters. The topological polar surface area (TPSA) is 101 Å². The summed E-state index contributed by atoms with van der Waals surface area (Å²) >= 11 is 0. The molecule has 1 amide bonds. The number of nitrogens with one attached hydrogen (secondary N) is 2. The maximum atomic E-state index is 12.9. The number of aromatic nitrogens is 4. The van der Waals surface area contributed by atoms with Crippen LogP contribution >= 0.6 is 0 Å². The number of amides is 1. The molecule has 4 aromatic rings. The van der Waals surface area contributed by atoms with Crippen LogP contribution < -0.4 is 15.6 Å². The molecule has 0 saturated heterocycles. The minimum Gasteiger partial charge on any atom is -0.493 e. The van der Waals surface area contributed by atoms with Crippen molar-refractivity contribution in [3.05, 3.63) is 70.5 Å². The highest BCUT2D eigenvalue weighted by Gasteiger charge is 2.54. The zero-order valence-electron chi connectivity index (χ0n) is 19.7. The van der Waals surface area contributed by atoms with Crippen LogP contribution in [0.4, 0.5) is 13.2 Å². The molecule has 0 aliphatic heterocycles. The van der Waals surface area contributed by atoms with Crippen LogP contribution in [0, 0.1) is 5.41 Å². The number of ether oxygens (including phenoxy) is 1. The number of alkyl halides is 3. The lowest BCUT2D eigenvalue weighted by Crippen LogP contribution is -2.55. The van der Waals surface area contributed by atoms with Crippen LogP contribution in [-0.4, -0.2) is 44.3 Å². The lowest BCUT2D eigenvalue weighted by Gasteiger charge is -2.57. The number of halogens is 3.